The van der Waals surface area contributed by atoms with E-state index in [2.05, 4.69) is 5.32 Å². The van der Waals surface area contributed by atoms with Crippen molar-refractivity contribution >= 4 is 29.7 Å². The zero-order valence-electron chi connectivity index (χ0n) is 17.3. The van der Waals surface area contributed by atoms with Crippen molar-refractivity contribution in [2.45, 2.75) is 77.0 Å². The number of carboxylic acid groups (broad SMARTS) is 1. The third-order valence-corrected chi connectivity index (χ3v) is 6.06. The Balaban J connectivity index is 0.000000289. The Hall–Kier alpha value is -1.48. The van der Waals surface area contributed by atoms with E-state index in [1.54, 1.807) is 20.8 Å². The normalized spacial score (nSPS) is 27.2. The lowest BCUT2D eigenvalue weighted by molar-refractivity contribution is -0.139. The highest BCUT2D eigenvalue weighted by Crippen LogP contribution is 2.53. The third kappa shape index (κ3) is 6.55. The molecule has 28 heavy (non-hydrogen) atoms. The number of ether oxygens (including phenoxy) is 1. The number of hydrogen-bond donors (Lipinski definition) is 4. The van der Waals surface area contributed by atoms with Crippen LogP contribution in [-0.4, -0.2) is 52.8 Å². The van der Waals surface area contributed by atoms with Gasteiger partial charge in [-0.1, -0.05) is 6.42 Å². The first kappa shape index (κ1) is 24.6. The first-order chi connectivity index (χ1) is 12.9. The van der Waals surface area contributed by atoms with Gasteiger partial charge in [0, 0.05) is 6.04 Å². The van der Waals surface area contributed by atoms with Crippen molar-refractivity contribution in [3.8, 4) is 0 Å². The highest BCUT2D eigenvalue weighted by Gasteiger charge is 2.55. The molecule has 162 valence electrons. The maximum atomic E-state index is 11.4. The second-order valence-corrected chi connectivity index (χ2v) is 9.48. The standard InChI is InChI=1S/C10H19NO4S.C9H16N2O/c1-10(2,3)15-9(14)11-7(8(12)13)5-6-16-4;10-7-4-3-6-2-1-5-9(6,7)8(11)12/h7H,5-6H2,1-4H3,(H,11,14)(H,12,13);6-7H,1-5,10H2,(H2,11,12)/t7-;/m0./s1. The van der Waals surface area contributed by atoms with Gasteiger partial charge >= 0.3 is 12.1 Å². The summed E-state index contributed by atoms with van der Waals surface area (Å²) in [4.78, 5) is 33.5. The number of carbonyl (C=O) groups excluding carboxylic acids is 2. The molecule has 2 aliphatic carbocycles. The zero-order chi connectivity index (χ0) is 21.5. The molecule has 0 bridgehead atoms. The molecule has 4 atom stereocenters. The fraction of sp³-hybridized carbons (Fsp3) is 0.842. The molecule has 2 rings (SSSR count). The minimum Gasteiger partial charge on any atom is -0.480 e. The SMILES string of the molecule is CSCC[C@H](NC(=O)OC(C)(C)C)C(=O)O.NC(=O)C12CCCC1CCC2N. The monoisotopic (exact) mass is 417 g/mol. The molecule has 2 aliphatic rings. The summed E-state index contributed by atoms with van der Waals surface area (Å²) < 4.78 is 4.98. The molecule has 2 saturated carbocycles. The molecule has 2 fully saturated rings. The van der Waals surface area contributed by atoms with Gasteiger partial charge in [-0.15, -0.1) is 0 Å². The van der Waals surface area contributed by atoms with Crippen molar-refractivity contribution in [2.24, 2.45) is 22.8 Å². The fourth-order valence-corrected chi connectivity index (χ4v) is 4.55. The van der Waals surface area contributed by atoms with Crippen LogP contribution in [0.2, 0.25) is 0 Å². The Morgan fingerprint density at radius 1 is 1.29 bits per heavy atom. The Morgan fingerprint density at radius 3 is 2.39 bits per heavy atom. The van der Waals surface area contributed by atoms with Gasteiger partial charge in [0.15, 0.2) is 0 Å². The molecular formula is C19H35N3O5S. The van der Waals surface area contributed by atoms with Crippen LogP contribution >= 0.6 is 11.8 Å². The summed E-state index contributed by atoms with van der Waals surface area (Å²) in [5.41, 5.74) is 10.5. The molecule has 0 aromatic carbocycles. The van der Waals surface area contributed by atoms with E-state index in [0.29, 0.717) is 18.1 Å². The van der Waals surface area contributed by atoms with Crippen LogP contribution in [0.15, 0.2) is 0 Å². The molecule has 3 unspecified atom stereocenters. The number of alkyl carbamates (subject to hydrolysis) is 1. The maximum Gasteiger partial charge on any atom is 0.408 e. The van der Waals surface area contributed by atoms with Crippen molar-refractivity contribution in [3.05, 3.63) is 0 Å². The zero-order valence-corrected chi connectivity index (χ0v) is 18.1. The van der Waals surface area contributed by atoms with Gasteiger partial charge in [0.05, 0.1) is 5.41 Å². The quantitative estimate of drug-likeness (QED) is 0.518. The predicted octanol–water partition coefficient (Wildman–Crippen LogP) is 2.10. The topological polar surface area (TPSA) is 145 Å². The number of carboxylic acids is 1. The lowest BCUT2D eigenvalue weighted by Gasteiger charge is -2.29. The van der Waals surface area contributed by atoms with Crippen LogP contribution in [0.4, 0.5) is 4.79 Å². The number of nitrogens with two attached hydrogens (primary N) is 2. The summed E-state index contributed by atoms with van der Waals surface area (Å²) in [6.07, 6.45) is 6.85. The van der Waals surface area contributed by atoms with E-state index in [-0.39, 0.29) is 17.4 Å². The summed E-state index contributed by atoms with van der Waals surface area (Å²) in [6, 6.07) is -0.857. The van der Waals surface area contributed by atoms with E-state index < -0.39 is 23.7 Å². The molecule has 0 spiro atoms. The van der Waals surface area contributed by atoms with Crippen molar-refractivity contribution in [1.82, 2.24) is 5.32 Å². The molecule has 0 heterocycles. The first-order valence-corrected chi connectivity index (χ1v) is 11.1. The molecule has 0 saturated heterocycles. The van der Waals surface area contributed by atoms with Gasteiger partial charge < -0.3 is 26.6 Å². The molecular weight excluding hydrogens is 382 g/mol. The van der Waals surface area contributed by atoms with Gasteiger partial charge in [0.25, 0.3) is 0 Å². The van der Waals surface area contributed by atoms with Gasteiger partial charge in [-0.05, 0) is 70.8 Å². The minimum absolute atomic E-state index is 0.0301. The van der Waals surface area contributed by atoms with Crippen molar-refractivity contribution < 1.29 is 24.2 Å². The summed E-state index contributed by atoms with van der Waals surface area (Å²) in [5.74, 6) is -0.0350. The van der Waals surface area contributed by atoms with Crippen LogP contribution in [0.3, 0.4) is 0 Å². The fourth-order valence-electron chi connectivity index (χ4n) is 4.08. The van der Waals surface area contributed by atoms with E-state index in [4.69, 9.17) is 21.3 Å². The van der Waals surface area contributed by atoms with E-state index >= 15 is 0 Å². The molecule has 8 nitrogen and oxygen atoms in total. The van der Waals surface area contributed by atoms with Crippen LogP contribution in [-0.2, 0) is 14.3 Å². The van der Waals surface area contributed by atoms with Crippen LogP contribution in [0, 0.1) is 11.3 Å². The highest BCUT2D eigenvalue weighted by molar-refractivity contribution is 7.98. The summed E-state index contributed by atoms with van der Waals surface area (Å²) in [5, 5.41) is 11.2. The first-order valence-electron chi connectivity index (χ1n) is 9.70. The van der Waals surface area contributed by atoms with Crippen LogP contribution in [0.5, 0.6) is 0 Å². The molecule has 2 amide bonds. The molecule has 0 radical (unpaired) electrons. The number of nitrogens with one attached hydrogen (secondary N) is 1. The number of thioether (sulfide) groups is 1. The van der Waals surface area contributed by atoms with Gasteiger partial charge in [-0.2, -0.15) is 11.8 Å². The lowest BCUT2D eigenvalue weighted by Crippen LogP contribution is -2.48. The summed E-state index contributed by atoms with van der Waals surface area (Å²) >= 11 is 1.53. The van der Waals surface area contributed by atoms with Crippen molar-refractivity contribution in [1.29, 1.82) is 0 Å². The van der Waals surface area contributed by atoms with Gasteiger partial charge in [0.1, 0.15) is 11.6 Å². The van der Waals surface area contributed by atoms with E-state index in [1.165, 1.54) is 11.8 Å². The van der Waals surface area contributed by atoms with E-state index in [9.17, 15) is 14.4 Å². The molecule has 9 heteroatoms. The number of hydrogen-bond acceptors (Lipinski definition) is 6. The second-order valence-electron chi connectivity index (χ2n) is 8.50. The summed E-state index contributed by atoms with van der Waals surface area (Å²) in [6.45, 7) is 5.18. The molecule has 0 aromatic heterocycles. The predicted molar refractivity (Wildman–Crippen MR) is 110 cm³/mol. The maximum absolute atomic E-state index is 11.4. The number of rotatable bonds is 6. The van der Waals surface area contributed by atoms with Crippen LogP contribution in [0.25, 0.3) is 0 Å². The van der Waals surface area contributed by atoms with Crippen molar-refractivity contribution in [3.63, 3.8) is 0 Å². The number of primary amides is 1. The van der Waals surface area contributed by atoms with E-state index in [0.717, 1.165) is 32.1 Å². The number of fused-ring (bicyclic) bond motifs is 1. The lowest BCUT2D eigenvalue weighted by atomic mass is 9.77. The average Bonchev–Trinajstić information content (AvgIpc) is 3.12. The van der Waals surface area contributed by atoms with E-state index in [1.807, 2.05) is 6.26 Å². The Morgan fingerprint density at radius 2 is 1.93 bits per heavy atom. The second kappa shape index (κ2) is 10.3. The molecule has 0 aromatic rings. The third-order valence-electron chi connectivity index (χ3n) is 5.42. The Bertz CT molecular complexity index is 566. The Labute approximate surface area is 171 Å². The van der Waals surface area contributed by atoms with Crippen LogP contribution < -0.4 is 16.8 Å². The average molecular weight is 418 g/mol. The summed E-state index contributed by atoms with van der Waals surface area (Å²) in [7, 11) is 0. The highest BCUT2D eigenvalue weighted by atomic mass is 32.2. The molecule has 6 N–H and O–H groups in total. The Kier molecular flexibility index (Phi) is 9.07. The number of carbonyl (C=O) groups is 3. The van der Waals surface area contributed by atoms with Crippen molar-refractivity contribution in [2.75, 3.05) is 12.0 Å². The van der Waals surface area contributed by atoms with Crippen LogP contribution in [0.1, 0.15) is 59.3 Å². The largest absolute Gasteiger partial charge is 0.480 e. The van der Waals surface area contributed by atoms with Gasteiger partial charge in [-0.3, -0.25) is 4.79 Å². The number of aliphatic carboxylic acids is 1. The van der Waals surface area contributed by atoms with Gasteiger partial charge in [-0.25, -0.2) is 9.59 Å². The van der Waals surface area contributed by atoms with Gasteiger partial charge in [0.2, 0.25) is 5.91 Å². The minimum atomic E-state index is -1.04. The smallest absolute Gasteiger partial charge is 0.408 e. The molecule has 0 aliphatic heterocycles. The number of amides is 2.